The van der Waals surface area contributed by atoms with E-state index in [2.05, 4.69) is 63.4 Å². The minimum Gasteiger partial charge on any atom is -0.393 e. The predicted molar refractivity (Wildman–Crippen MR) is 108 cm³/mol. The molecule has 0 radical (unpaired) electrons. The third-order valence-corrected chi connectivity index (χ3v) is 6.27. The lowest BCUT2D eigenvalue weighted by atomic mass is 10.1. The van der Waals surface area contributed by atoms with Crippen LogP contribution >= 0.6 is 11.3 Å². The van der Waals surface area contributed by atoms with E-state index in [1.807, 2.05) is 11.3 Å². The van der Waals surface area contributed by atoms with Gasteiger partial charge in [0.25, 0.3) is 0 Å². The molecule has 26 heavy (non-hydrogen) atoms. The maximum absolute atomic E-state index is 9.71. The first-order valence-electron chi connectivity index (χ1n) is 8.95. The van der Waals surface area contributed by atoms with Gasteiger partial charge in [-0.05, 0) is 31.0 Å². The van der Waals surface area contributed by atoms with Crippen LogP contribution in [0, 0.1) is 0 Å². The van der Waals surface area contributed by atoms with E-state index in [-0.39, 0.29) is 6.10 Å². The largest absolute Gasteiger partial charge is 0.393 e. The number of rotatable bonds is 2. The number of nitrogens with zero attached hydrogens (tertiary/aromatic N) is 3. The minimum atomic E-state index is -0.179. The highest BCUT2D eigenvalue weighted by Gasteiger charge is 2.18. The summed E-state index contributed by atoms with van der Waals surface area (Å²) in [6, 6.07) is 17.2. The summed E-state index contributed by atoms with van der Waals surface area (Å²) in [5.74, 6) is 0.942. The Labute approximate surface area is 155 Å². The van der Waals surface area contributed by atoms with Gasteiger partial charge < -0.3 is 10.0 Å². The van der Waals surface area contributed by atoms with Crippen LogP contribution in [0.5, 0.6) is 0 Å². The number of aliphatic hydroxyl groups excluding tert-OH is 1. The minimum absolute atomic E-state index is 0.179. The monoisotopic (exact) mass is 361 g/mol. The van der Waals surface area contributed by atoms with Gasteiger partial charge in [-0.1, -0.05) is 24.3 Å². The number of aliphatic hydroxyl groups is 1. The van der Waals surface area contributed by atoms with Crippen LogP contribution in [0.3, 0.4) is 0 Å². The molecule has 1 fully saturated rings. The zero-order valence-electron chi connectivity index (χ0n) is 14.3. The second-order valence-corrected chi connectivity index (χ2v) is 7.87. The normalized spacial score (nSPS) is 15.8. The molecule has 0 spiro atoms. The zero-order chi connectivity index (χ0) is 17.5. The quantitative estimate of drug-likeness (QED) is 0.572. The first-order valence-corrected chi connectivity index (χ1v) is 9.76. The summed E-state index contributed by atoms with van der Waals surface area (Å²) in [5, 5.41) is 12.3. The molecule has 4 nitrogen and oxygen atoms in total. The van der Waals surface area contributed by atoms with E-state index in [9.17, 15) is 5.11 Å². The molecule has 2 aromatic carbocycles. The van der Waals surface area contributed by atoms with Crippen molar-refractivity contribution in [2.24, 2.45) is 0 Å². The maximum atomic E-state index is 9.71. The Morgan fingerprint density at radius 3 is 2.62 bits per heavy atom. The van der Waals surface area contributed by atoms with Crippen molar-refractivity contribution in [1.82, 2.24) is 9.97 Å². The van der Waals surface area contributed by atoms with Crippen molar-refractivity contribution in [2.75, 3.05) is 18.0 Å². The van der Waals surface area contributed by atoms with Crippen LogP contribution in [-0.4, -0.2) is 34.3 Å². The van der Waals surface area contributed by atoms with E-state index in [1.165, 1.54) is 20.2 Å². The third-order valence-electron chi connectivity index (χ3n) is 5.11. The third kappa shape index (κ3) is 2.73. The van der Waals surface area contributed by atoms with Crippen LogP contribution in [0.4, 0.5) is 5.82 Å². The fourth-order valence-corrected chi connectivity index (χ4v) is 4.74. The number of hydrogen-bond acceptors (Lipinski definition) is 5. The number of benzene rings is 2. The van der Waals surface area contributed by atoms with Crippen molar-refractivity contribution in [3.8, 4) is 11.3 Å². The molecule has 0 atom stereocenters. The van der Waals surface area contributed by atoms with Crippen LogP contribution < -0.4 is 4.90 Å². The summed E-state index contributed by atoms with van der Waals surface area (Å²) < 4.78 is 2.61. The standard InChI is InChI=1S/C21H19N3OS/c25-15-7-9-24(10-8-15)21-12-18(22-13-23-21)14-5-6-20-17(11-14)16-3-1-2-4-19(16)26-20/h1-6,11-13,15,25H,7-10H2. The molecule has 0 aliphatic carbocycles. The van der Waals surface area contributed by atoms with Gasteiger partial charge >= 0.3 is 0 Å². The second kappa shape index (κ2) is 6.34. The Hall–Kier alpha value is -2.50. The van der Waals surface area contributed by atoms with Gasteiger partial charge in [0.1, 0.15) is 12.1 Å². The Kier molecular flexibility index (Phi) is 3.84. The van der Waals surface area contributed by atoms with Gasteiger partial charge in [-0.25, -0.2) is 9.97 Å². The SMILES string of the molecule is OC1CCN(c2cc(-c3ccc4sc5ccccc5c4c3)ncn2)CC1. The fraction of sp³-hybridized carbons (Fsp3) is 0.238. The van der Waals surface area contributed by atoms with Gasteiger partial charge in [0.2, 0.25) is 0 Å². The maximum Gasteiger partial charge on any atom is 0.132 e. The van der Waals surface area contributed by atoms with Gasteiger partial charge in [-0.15, -0.1) is 11.3 Å². The molecule has 1 aliphatic rings. The molecule has 3 heterocycles. The van der Waals surface area contributed by atoms with E-state index >= 15 is 0 Å². The molecule has 0 unspecified atom stereocenters. The van der Waals surface area contributed by atoms with E-state index in [1.54, 1.807) is 6.33 Å². The Morgan fingerprint density at radius 1 is 0.923 bits per heavy atom. The summed E-state index contributed by atoms with van der Waals surface area (Å²) in [6.07, 6.45) is 3.06. The molecule has 1 saturated heterocycles. The number of anilines is 1. The summed E-state index contributed by atoms with van der Waals surface area (Å²) >= 11 is 1.83. The summed E-state index contributed by atoms with van der Waals surface area (Å²) in [4.78, 5) is 11.2. The van der Waals surface area contributed by atoms with Crippen LogP contribution in [0.2, 0.25) is 0 Å². The van der Waals surface area contributed by atoms with Crippen molar-refractivity contribution >= 4 is 37.3 Å². The average molecular weight is 361 g/mol. The van der Waals surface area contributed by atoms with Gasteiger partial charge in [0.05, 0.1) is 11.8 Å². The van der Waals surface area contributed by atoms with E-state index in [0.29, 0.717) is 0 Å². The molecule has 5 heteroatoms. The highest BCUT2D eigenvalue weighted by molar-refractivity contribution is 7.25. The summed E-state index contributed by atoms with van der Waals surface area (Å²) in [6.45, 7) is 1.68. The number of piperidine rings is 1. The fourth-order valence-electron chi connectivity index (χ4n) is 3.66. The lowest BCUT2D eigenvalue weighted by molar-refractivity contribution is 0.145. The molecule has 0 saturated carbocycles. The highest BCUT2D eigenvalue weighted by atomic mass is 32.1. The van der Waals surface area contributed by atoms with Crippen molar-refractivity contribution < 1.29 is 5.11 Å². The van der Waals surface area contributed by atoms with Crippen LogP contribution in [-0.2, 0) is 0 Å². The first kappa shape index (κ1) is 15.7. The second-order valence-electron chi connectivity index (χ2n) is 6.79. The lowest BCUT2D eigenvalue weighted by Crippen LogP contribution is -2.36. The number of hydrogen-bond donors (Lipinski definition) is 1. The zero-order valence-corrected chi connectivity index (χ0v) is 15.1. The van der Waals surface area contributed by atoms with Gasteiger partial charge in [-0.2, -0.15) is 0 Å². The Bertz CT molecular complexity index is 1080. The Morgan fingerprint density at radius 2 is 1.73 bits per heavy atom. The molecular weight excluding hydrogens is 342 g/mol. The van der Waals surface area contributed by atoms with Crippen molar-refractivity contribution in [2.45, 2.75) is 18.9 Å². The highest BCUT2D eigenvalue weighted by Crippen LogP contribution is 2.36. The topological polar surface area (TPSA) is 49.2 Å². The van der Waals surface area contributed by atoms with Crippen LogP contribution in [0.1, 0.15) is 12.8 Å². The van der Waals surface area contributed by atoms with Gasteiger partial charge in [0, 0.05) is 44.9 Å². The smallest absolute Gasteiger partial charge is 0.132 e. The van der Waals surface area contributed by atoms with Gasteiger partial charge in [-0.3, -0.25) is 0 Å². The molecule has 5 rings (SSSR count). The van der Waals surface area contributed by atoms with Crippen LogP contribution in [0.25, 0.3) is 31.4 Å². The molecule has 0 bridgehead atoms. The van der Waals surface area contributed by atoms with Crippen molar-refractivity contribution in [3.63, 3.8) is 0 Å². The Balaban J connectivity index is 1.55. The van der Waals surface area contributed by atoms with Crippen molar-refractivity contribution in [1.29, 1.82) is 0 Å². The molecule has 1 aliphatic heterocycles. The van der Waals surface area contributed by atoms with Crippen molar-refractivity contribution in [3.05, 3.63) is 54.9 Å². The number of aromatic nitrogens is 2. The lowest BCUT2D eigenvalue weighted by Gasteiger charge is -2.30. The van der Waals surface area contributed by atoms with E-state index < -0.39 is 0 Å². The van der Waals surface area contributed by atoms with Crippen LogP contribution in [0.15, 0.2) is 54.9 Å². The predicted octanol–water partition coefficient (Wildman–Crippen LogP) is 4.47. The average Bonchev–Trinajstić information content (AvgIpc) is 3.06. The number of thiophene rings is 1. The summed E-state index contributed by atoms with van der Waals surface area (Å²) in [5.41, 5.74) is 2.06. The van der Waals surface area contributed by atoms with E-state index in [4.69, 9.17) is 0 Å². The summed E-state index contributed by atoms with van der Waals surface area (Å²) in [7, 11) is 0. The van der Waals surface area contributed by atoms with E-state index in [0.717, 1.165) is 43.0 Å². The molecule has 4 aromatic rings. The molecule has 0 amide bonds. The molecule has 2 aromatic heterocycles. The molecular formula is C21H19N3OS. The molecule has 1 N–H and O–H groups in total. The first-order chi connectivity index (χ1) is 12.8. The molecule has 130 valence electrons. The number of fused-ring (bicyclic) bond motifs is 3. The van der Waals surface area contributed by atoms with Gasteiger partial charge in [0.15, 0.2) is 0 Å².